The number of esters is 1. The van der Waals surface area contributed by atoms with Crippen LogP contribution in [0.15, 0.2) is 12.2 Å². The normalized spacial score (nSPS) is 31.2. The maximum Gasteiger partial charge on any atom is 0.309 e. The molecule has 35 heavy (non-hydrogen) atoms. The van der Waals surface area contributed by atoms with Crippen LogP contribution < -0.4 is 16.0 Å². The summed E-state index contributed by atoms with van der Waals surface area (Å²) >= 11 is 0. The van der Waals surface area contributed by atoms with Crippen molar-refractivity contribution in [1.82, 2.24) is 16.0 Å². The first-order chi connectivity index (χ1) is 16.4. The van der Waals surface area contributed by atoms with Crippen LogP contribution in [0.4, 0.5) is 0 Å². The van der Waals surface area contributed by atoms with E-state index >= 15 is 0 Å². The predicted molar refractivity (Wildman–Crippen MR) is 134 cm³/mol. The summed E-state index contributed by atoms with van der Waals surface area (Å²) in [7, 11) is -0.851. The van der Waals surface area contributed by atoms with Gasteiger partial charge in [-0.05, 0) is 18.4 Å². The van der Waals surface area contributed by atoms with Crippen LogP contribution in [0.5, 0.6) is 0 Å². The van der Waals surface area contributed by atoms with Crippen molar-refractivity contribution in [3.8, 4) is 0 Å². The molecule has 0 aromatic carbocycles. The van der Waals surface area contributed by atoms with Gasteiger partial charge in [-0.2, -0.15) is 0 Å². The van der Waals surface area contributed by atoms with E-state index in [2.05, 4.69) is 16.0 Å². The van der Waals surface area contributed by atoms with Crippen molar-refractivity contribution in [3.63, 3.8) is 0 Å². The molecular weight excluding hydrogens is 518 g/mol. The van der Waals surface area contributed by atoms with Gasteiger partial charge in [-0.1, -0.05) is 41.5 Å². The lowest BCUT2D eigenvalue weighted by Crippen LogP contribution is -2.58. The molecule has 14 heteroatoms. The number of amides is 3. The zero-order valence-electron chi connectivity index (χ0n) is 19.9. The zero-order valence-corrected chi connectivity index (χ0v) is 22.3. The molecule has 0 aliphatic carbocycles. The standard InChI is InChI=1S/C21H33N3O8S3/c1-12(2)19-16(25)9-18(27)32-13-6-4-5-7-33-34-10-14(20(28)24-19)23-21(29)15(11-35(3,30)31)22-17(26)8-13/h4,6,12-16,19,25H,5,7-11H2,1-3H3,(H,22,26)(H,23,29)(H,24,28)/b6-4+/t13-,14-,15-,16+,19-/m1/s1. The number of ether oxygens (including phenoxy) is 1. The number of carbonyl (C=O) groups is 4. The Morgan fingerprint density at radius 1 is 1.09 bits per heavy atom. The van der Waals surface area contributed by atoms with Gasteiger partial charge in [0.2, 0.25) is 17.7 Å². The fourth-order valence-electron chi connectivity index (χ4n) is 3.55. The summed E-state index contributed by atoms with van der Waals surface area (Å²) in [5.74, 6) is -2.99. The molecule has 2 heterocycles. The average Bonchev–Trinajstić information content (AvgIpc) is 2.72. The van der Waals surface area contributed by atoms with Gasteiger partial charge in [-0.25, -0.2) is 8.42 Å². The van der Waals surface area contributed by atoms with Gasteiger partial charge in [-0.15, -0.1) is 0 Å². The van der Waals surface area contributed by atoms with Gasteiger partial charge < -0.3 is 25.8 Å². The van der Waals surface area contributed by atoms with Crippen molar-refractivity contribution in [2.75, 3.05) is 23.5 Å². The Labute approximate surface area is 213 Å². The molecule has 0 saturated carbocycles. The lowest BCUT2D eigenvalue weighted by molar-refractivity contribution is -0.151. The maximum absolute atomic E-state index is 13.1. The van der Waals surface area contributed by atoms with Crippen LogP contribution in [0.1, 0.15) is 33.1 Å². The molecule has 2 bridgehead atoms. The SMILES string of the molecule is CC(C)[C@H]1NC(=O)[C@H]2CSSCC/C=C/[C@H](CC(=O)N[C@H](CS(C)(=O)=O)C(=O)N2)OC(=O)C[C@@H]1O. The second-order valence-corrected chi connectivity index (χ2v) is 13.7. The van der Waals surface area contributed by atoms with E-state index in [1.54, 1.807) is 26.0 Å². The first kappa shape index (κ1) is 29.5. The highest BCUT2D eigenvalue weighted by molar-refractivity contribution is 8.76. The van der Waals surface area contributed by atoms with E-state index in [0.29, 0.717) is 12.2 Å². The van der Waals surface area contributed by atoms with E-state index in [9.17, 15) is 32.7 Å². The number of allylic oxidation sites excluding steroid dienone is 1. The van der Waals surface area contributed by atoms with Crippen molar-refractivity contribution in [2.24, 2.45) is 5.92 Å². The number of sulfone groups is 1. The van der Waals surface area contributed by atoms with Crippen molar-refractivity contribution >= 4 is 55.1 Å². The number of hydrogen-bond acceptors (Lipinski definition) is 10. The van der Waals surface area contributed by atoms with E-state index in [1.807, 2.05) is 0 Å². The molecule has 1 saturated heterocycles. The van der Waals surface area contributed by atoms with Crippen LogP contribution in [-0.4, -0.2) is 91.1 Å². The monoisotopic (exact) mass is 551 g/mol. The van der Waals surface area contributed by atoms with E-state index < -0.39 is 76.0 Å². The average molecular weight is 552 g/mol. The van der Waals surface area contributed by atoms with Crippen LogP contribution in [-0.2, 0) is 33.8 Å². The minimum atomic E-state index is -3.68. The third kappa shape index (κ3) is 10.4. The molecule has 2 aliphatic rings. The van der Waals surface area contributed by atoms with Crippen LogP contribution in [0.25, 0.3) is 0 Å². The summed E-state index contributed by atoms with van der Waals surface area (Å²) in [5, 5.41) is 18.3. The molecule has 3 amide bonds. The number of aliphatic hydroxyl groups is 1. The number of fused-ring (bicyclic) bond motifs is 7. The summed E-state index contributed by atoms with van der Waals surface area (Å²) in [6.45, 7) is 3.53. The highest BCUT2D eigenvalue weighted by atomic mass is 33.1. The van der Waals surface area contributed by atoms with Gasteiger partial charge in [0.1, 0.15) is 28.0 Å². The minimum Gasteiger partial charge on any atom is -0.457 e. The summed E-state index contributed by atoms with van der Waals surface area (Å²) in [4.78, 5) is 51.4. The van der Waals surface area contributed by atoms with E-state index in [-0.39, 0.29) is 18.1 Å². The van der Waals surface area contributed by atoms with Gasteiger partial charge >= 0.3 is 5.97 Å². The van der Waals surface area contributed by atoms with Crippen LogP contribution >= 0.6 is 21.6 Å². The maximum atomic E-state index is 13.1. The van der Waals surface area contributed by atoms with E-state index in [0.717, 1.165) is 6.26 Å². The second-order valence-electron chi connectivity index (χ2n) is 8.88. The number of nitrogens with one attached hydrogen (secondary N) is 3. The van der Waals surface area contributed by atoms with Crippen LogP contribution in [0.3, 0.4) is 0 Å². The van der Waals surface area contributed by atoms with Crippen molar-refractivity contribution in [3.05, 3.63) is 12.2 Å². The van der Waals surface area contributed by atoms with E-state index in [4.69, 9.17) is 4.74 Å². The Kier molecular flexibility index (Phi) is 11.4. The van der Waals surface area contributed by atoms with Gasteiger partial charge in [0.05, 0.1) is 30.7 Å². The van der Waals surface area contributed by atoms with Crippen molar-refractivity contribution in [2.45, 2.75) is 63.4 Å². The summed E-state index contributed by atoms with van der Waals surface area (Å²) < 4.78 is 29.3. The second kappa shape index (κ2) is 13.5. The predicted octanol–water partition coefficient (Wildman–Crippen LogP) is -0.451. The number of rotatable bonds is 3. The van der Waals surface area contributed by atoms with Gasteiger partial charge in [0.15, 0.2) is 0 Å². The van der Waals surface area contributed by atoms with Gasteiger partial charge in [-0.3, -0.25) is 19.2 Å². The topological polar surface area (TPSA) is 168 Å². The summed E-state index contributed by atoms with van der Waals surface area (Å²) in [5.41, 5.74) is 0. The van der Waals surface area contributed by atoms with Crippen LogP contribution in [0, 0.1) is 5.92 Å². The number of hydrogen-bond donors (Lipinski definition) is 4. The molecule has 0 aromatic rings. The molecule has 0 radical (unpaired) electrons. The molecular formula is C21H33N3O8S3. The van der Waals surface area contributed by atoms with E-state index in [1.165, 1.54) is 21.6 Å². The molecule has 4 N–H and O–H groups in total. The lowest BCUT2D eigenvalue weighted by atomic mass is 9.96. The molecule has 0 spiro atoms. The van der Waals surface area contributed by atoms with Crippen molar-refractivity contribution < 1.29 is 37.4 Å². The Morgan fingerprint density at radius 2 is 1.80 bits per heavy atom. The molecule has 0 unspecified atom stereocenters. The number of aliphatic hydroxyl groups excluding tert-OH is 1. The first-order valence-corrected chi connectivity index (χ1v) is 15.8. The third-order valence-corrected chi connectivity index (χ3v) is 8.66. The highest BCUT2D eigenvalue weighted by Gasteiger charge is 2.34. The Balaban J connectivity index is 2.51. The molecule has 198 valence electrons. The minimum absolute atomic E-state index is 0.164. The van der Waals surface area contributed by atoms with Crippen LogP contribution in [0.2, 0.25) is 0 Å². The molecule has 1 fully saturated rings. The Bertz CT molecular complexity index is 925. The fraction of sp³-hybridized carbons (Fsp3) is 0.714. The van der Waals surface area contributed by atoms with Crippen molar-refractivity contribution in [1.29, 1.82) is 0 Å². The summed E-state index contributed by atoms with van der Waals surface area (Å²) in [6, 6.07) is -3.34. The first-order valence-electron chi connectivity index (χ1n) is 11.2. The molecule has 2 rings (SSSR count). The lowest BCUT2D eigenvalue weighted by Gasteiger charge is -2.29. The zero-order chi connectivity index (χ0) is 26.2. The van der Waals surface area contributed by atoms with Gasteiger partial charge in [0, 0.05) is 17.8 Å². The molecule has 11 nitrogen and oxygen atoms in total. The smallest absolute Gasteiger partial charge is 0.309 e. The Hall–Kier alpha value is -1.77. The quantitative estimate of drug-likeness (QED) is 0.205. The fourth-order valence-corrected chi connectivity index (χ4v) is 6.55. The Morgan fingerprint density at radius 3 is 2.46 bits per heavy atom. The highest BCUT2D eigenvalue weighted by Crippen LogP contribution is 2.24. The molecule has 5 atom stereocenters. The molecule has 2 aliphatic heterocycles. The molecule has 0 aromatic heterocycles. The van der Waals surface area contributed by atoms with Gasteiger partial charge in [0.25, 0.3) is 0 Å². The number of carbonyl (C=O) groups excluding carboxylic acids is 4. The summed E-state index contributed by atoms with van der Waals surface area (Å²) in [6.07, 6.45) is 1.86. The largest absolute Gasteiger partial charge is 0.457 e. The third-order valence-electron chi connectivity index (χ3n) is 5.28.